The van der Waals surface area contributed by atoms with Crippen molar-refractivity contribution >= 4 is 6.29 Å². The Morgan fingerprint density at radius 2 is 1.56 bits per heavy atom. The Labute approximate surface area is 97.9 Å². The smallest absolute Gasteiger partial charge is 0.124 e. The third-order valence-corrected chi connectivity index (χ3v) is 1.23. The quantitative estimate of drug-likeness (QED) is 0.787. The van der Waals surface area contributed by atoms with Gasteiger partial charge >= 0.3 is 0 Å². The second-order valence-corrected chi connectivity index (χ2v) is 3.20. The molecule has 0 heterocycles. The van der Waals surface area contributed by atoms with Crippen LogP contribution in [0.5, 0.6) is 0 Å². The summed E-state index contributed by atoms with van der Waals surface area (Å²) in [4.78, 5) is 9.97. The summed E-state index contributed by atoms with van der Waals surface area (Å²) in [5.41, 5.74) is 0.844. The third kappa shape index (κ3) is 12.8. The van der Waals surface area contributed by atoms with Crippen molar-refractivity contribution in [3.63, 3.8) is 0 Å². The number of hydrogen-bond donors (Lipinski definition) is 1. The molecule has 16 heavy (non-hydrogen) atoms. The van der Waals surface area contributed by atoms with Gasteiger partial charge in [-0.2, -0.15) is 0 Å². The van der Waals surface area contributed by atoms with Crippen LogP contribution in [0.25, 0.3) is 0 Å². The largest absolute Gasteiger partial charge is 0.323 e. The molecule has 0 aliphatic carbocycles. The van der Waals surface area contributed by atoms with Crippen molar-refractivity contribution in [1.82, 2.24) is 5.32 Å². The number of aldehydes is 1. The summed E-state index contributed by atoms with van der Waals surface area (Å²) >= 11 is 0. The van der Waals surface area contributed by atoms with Crippen LogP contribution in [0, 0.1) is 5.82 Å². The van der Waals surface area contributed by atoms with Gasteiger partial charge in [-0.05, 0) is 31.8 Å². The zero-order valence-corrected chi connectivity index (χ0v) is 10.6. The molecule has 1 aromatic carbocycles. The molecule has 0 saturated heterocycles. The Morgan fingerprint density at radius 3 is 1.88 bits per heavy atom. The predicted molar refractivity (Wildman–Crippen MR) is 67.1 cm³/mol. The minimum absolute atomic E-state index is 0.269. The molecule has 0 aliphatic heterocycles. The highest BCUT2D eigenvalue weighted by atomic mass is 19.1. The van der Waals surface area contributed by atoms with Gasteiger partial charge < -0.3 is 10.1 Å². The van der Waals surface area contributed by atoms with Crippen LogP contribution in [0.3, 0.4) is 0 Å². The number of nitrogens with one attached hydrogen (secondary N) is 1. The van der Waals surface area contributed by atoms with Gasteiger partial charge in [-0.1, -0.05) is 32.4 Å². The highest BCUT2D eigenvalue weighted by Gasteiger charge is 1.90. The minimum Gasteiger partial charge on any atom is -0.323 e. The molecule has 2 nitrogen and oxygen atoms in total. The SMILES string of the molecule is CCC.CNC.O=CCc1ccc(F)cc1. The van der Waals surface area contributed by atoms with Crippen LogP contribution in [0.4, 0.5) is 4.39 Å². The van der Waals surface area contributed by atoms with E-state index in [-0.39, 0.29) is 5.82 Å². The summed E-state index contributed by atoms with van der Waals surface area (Å²) in [6.45, 7) is 4.25. The molecule has 0 radical (unpaired) electrons. The Kier molecular flexibility index (Phi) is 14.8. The Balaban J connectivity index is 0. The fourth-order valence-electron chi connectivity index (χ4n) is 0.717. The lowest BCUT2D eigenvalue weighted by Gasteiger charge is -1.91. The summed E-state index contributed by atoms with van der Waals surface area (Å²) in [5, 5.41) is 2.75. The van der Waals surface area contributed by atoms with Crippen LogP contribution < -0.4 is 5.32 Å². The first-order valence-corrected chi connectivity index (χ1v) is 5.42. The molecule has 0 aliphatic rings. The maximum atomic E-state index is 12.2. The van der Waals surface area contributed by atoms with Crippen molar-refractivity contribution in [1.29, 1.82) is 0 Å². The number of benzene rings is 1. The lowest BCUT2D eigenvalue weighted by Crippen LogP contribution is -1.89. The van der Waals surface area contributed by atoms with Crippen molar-refractivity contribution in [3.05, 3.63) is 35.6 Å². The van der Waals surface area contributed by atoms with E-state index in [2.05, 4.69) is 19.2 Å². The fourth-order valence-corrected chi connectivity index (χ4v) is 0.717. The standard InChI is InChI=1S/C8H7FO.C3H8.C2H7N/c9-8-3-1-7(2-4-8)5-6-10;2*1-3-2/h1-4,6H,5H2;3H2,1-2H3;3H,1-2H3. The van der Waals surface area contributed by atoms with Gasteiger partial charge in [0, 0.05) is 6.42 Å². The normalized spacial score (nSPS) is 8.06. The first-order valence-electron chi connectivity index (χ1n) is 5.42. The molecule has 0 spiro atoms. The molecule has 1 N–H and O–H groups in total. The van der Waals surface area contributed by atoms with E-state index in [1.807, 2.05) is 14.1 Å². The summed E-state index contributed by atoms with van der Waals surface area (Å²) in [6, 6.07) is 5.89. The molecule has 0 saturated carbocycles. The Bertz CT molecular complexity index is 245. The van der Waals surface area contributed by atoms with Crippen molar-refractivity contribution in [2.24, 2.45) is 0 Å². The first kappa shape index (κ1) is 17.2. The lowest BCUT2D eigenvalue weighted by atomic mass is 10.2. The molecule has 0 unspecified atom stereocenters. The molecule has 0 atom stereocenters. The summed E-state index contributed by atoms with van der Waals surface area (Å²) in [7, 11) is 3.75. The van der Waals surface area contributed by atoms with Crippen LogP contribution in [0.15, 0.2) is 24.3 Å². The van der Waals surface area contributed by atoms with Crippen molar-refractivity contribution in [3.8, 4) is 0 Å². The van der Waals surface area contributed by atoms with Crippen LogP contribution in [0.2, 0.25) is 0 Å². The predicted octanol–water partition coefficient (Wildman–Crippen LogP) is 2.82. The molecule has 1 aromatic rings. The van der Waals surface area contributed by atoms with E-state index in [1.165, 1.54) is 18.6 Å². The zero-order chi connectivity index (χ0) is 12.8. The van der Waals surface area contributed by atoms with Crippen LogP contribution in [0.1, 0.15) is 25.8 Å². The van der Waals surface area contributed by atoms with Crippen molar-refractivity contribution in [2.75, 3.05) is 14.1 Å². The topological polar surface area (TPSA) is 29.1 Å². The van der Waals surface area contributed by atoms with E-state index in [9.17, 15) is 9.18 Å². The monoisotopic (exact) mass is 227 g/mol. The van der Waals surface area contributed by atoms with Crippen LogP contribution >= 0.6 is 0 Å². The van der Waals surface area contributed by atoms with E-state index < -0.39 is 0 Å². The number of halogens is 1. The second-order valence-electron chi connectivity index (χ2n) is 3.20. The number of rotatable bonds is 2. The summed E-state index contributed by atoms with van der Waals surface area (Å²) < 4.78 is 12.2. The first-order chi connectivity index (χ1) is 7.65. The van der Waals surface area contributed by atoms with E-state index >= 15 is 0 Å². The Hall–Kier alpha value is -1.22. The summed E-state index contributed by atoms with van der Waals surface area (Å²) in [6.07, 6.45) is 2.41. The lowest BCUT2D eigenvalue weighted by molar-refractivity contribution is -0.107. The molecule has 92 valence electrons. The number of carbonyl (C=O) groups excluding carboxylic acids is 1. The van der Waals surface area contributed by atoms with E-state index in [1.54, 1.807) is 12.1 Å². The minimum atomic E-state index is -0.269. The zero-order valence-electron chi connectivity index (χ0n) is 10.6. The van der Waals surface area contributed by atoms with E-state index in [4.69, 9.17) is 0 Å². The van der Waals surface area contributed by atoms with Gasteiger partial charge in [0.1, 0.15) is 12.1 Å². The maximum Gasteiger partial charge on any atom is 0.124 e. The average Bonchev–Trinajstić information content (AvgIpc) is 2.24. The van der Waals surface area contributed by atoms with E-state index in [0.29, 0.717) is 6.42 Å². The van der Waals surface area contributed by atoms with Crippen molar-refractivity contribution in [2.45, 2.75) is 26.7 Å². The second kappa shape index (κ2) is 13.8. The average molecular weight is 227 g/mol. The molecular formula is C13H22FNO. The molecule has 0 amide bonds. The molecule has 0 aromatic heterocycles. The third-order valence-electron chi connectivity index (χ3n) is 1.23. The molecule has 0 fully saturated rings. The van der Waals surface area contributed by atoms with E-state index in [0.717, 1.165) is 11.8 Å². The summed E-state index contributed by atoms with van der Waals surface area (Å²) in [5.74, 6) is -0.269. The fraction of sp³-hybridized carbons (Fsp3) is 0.462. The van der Waals surface area contributed by atoms with Gasteiger partial charge in [0.2, 0.25) is 0 Å². The van der Waals surface area contributed by atoms with Gasteiger partial charge in [0.25, 0.3) is 0 Å². The molecule has 0 bridgehead atoms. The van der Waals surface area contributed by atoms with Gasteiger partial charge in [-0.15, -0.1) is 0 Å². The number of carbonyl (C=O) groups is 1. The molecular weight excluding hydrogens is 205 g/mol. The Morgan fingerprint density at radius 1 is 1.19 bits per heavy atom. The number of hydrogen-bond acceptors (Lipinski definition) is 2. The molecule has 1 rings (SSSR count). The van der Waals surface area contributed by atoms with Crippen LogP contribution in [-0.2, 0) is 11.2 Å². The van der Waals surface area contributed by atoms with Gasteiger partial charge in [0.15, 0.2) is 0 Å². The van der Waals surface area contributed by atoms with Gasteiger partial charge in [-0.25, -0.2) is 4.39 Å². The molecule has 3 heteroatoms. The van der Waals surface area contributed by atoms with Gasteiger partial charge in [-0.3, -0.25) is 0 Å². The maximum absolute atomic E-state index is 12.2. The van der Waals surface area contributed by atoms with Crippen LogP contribution in [-0.4, -0.2) is 20.4 Å². The highest BCUT2D eigenvalue weighted by Crippen LogP contribution is 2.01. The van der Waals surface area contributed by atoms with Gasteiger partial charge in [0.05, 0.1) is 0 Å². The van der Waals surface area contributed by atoms with Crippen molar-refractivity contribution < 1.29 is 9.18 Å². The highest BCUT2D eigenvalue weighted by molar-refractivity contribution is 5.54.